The Kier molecular flexibility index (Phi) is 5.95. The summed E-state index contributed by atoms with van der Waals surface area (Å²) in [6.45, 7) is -1.66. The molecule has 202 valence electrons. The zero-order valence-corrected chi connectivity index (χ0v) is 22.0. The van der Waals surface area contributed by atoms with Crippen molar-refractivity contribution in [3.63, 3.8) is 0 Å². The largest absolute Gasteiger partial charge is 0.402 e. The third-order valence-corrected chi connectivity index (χ3v) is 10.2. The van der Waals surface area contributed by atoms with Crippen LogP contribution in [0.5, 0.6) is 0 Å². The summed E-state index contributed by atoms with van der Waals surface area (Å²) in [5.74, 6) is -0.698. The monoisotopic (exact) mass is 568 g/mol. The fourth-order valence-electron chi connectivity index (χ4n) is 6.54. The standard InChI is InChI=1S/C26H25ClF4N4O2S/c1-34-24(17-4-7-22(28)21(27)11-17)12-23(32-34)16-3-2-15-9-19-5-6-20(10-18(15)8-16)25(19)13-35(14-26(29,30)31)38(36,37)33-25/h2-4,7-8,11-12,19-20,33H,5-6,9-10,13-14H2,1H3/t19-,20+,25-/m1/s1. The van der Waals surface area contributed by atoms with E-state index in [-0.39, 0.29) is 23.4 Å². The average Bonchev–Trinajstić information content (AvgIpc) is 3.40. The van der Waals surface area contributed by atoms with Gasteiger partial charge < -0.3 is 0 Å². The average molecular weight is 569 g/mol. The SMILES string of the molecule is Cn1nc(-c2ccc3c(c2)C[C@@H]2CC[C@H](C3)[C@]23CN(CC(F)(F)F)S(=O)(=O)N3)cc1-c1ccc(F)c(Cl)c1. The smallest absolute Gasteiger partial charge is 0.267 e. The molecule has 1 aliphatic heterocycles. The molecule has 2 fully saturated rings. The molecule has 2 heterocycles. The van der Waals surface area contributed by atoms with Crippen molar-refractivity contribution < 1.29 is 26.0 Å². The summed E-state index contributed by atoms with van der Waals surface area (Å²) in [6.07, 6.45) is -1.94. The maximum absolute atomic E-state index is 13.6. The van der Waals surface area contributed by atoms with Crippen LogP contribution in [-0.2, 0) is 30.1 Å². The van der Waals surface area contributed by atoms with Crippen molar-refractivity contribution in [3.8, 4) is 22.5 Å². The Hall–Kier alpha value is -2.47. The number of benzene rings is 2. The lowest BCUT2D eigenvalue weighted by molar-refractivity contribution is -0.136. The van der Waals surface area contributed by atoms with E-state index in [2.05, 4.69) is 9.82 Å². The molecule has 2 bridgehead atoms. The number of rotatable bonds is 3. The van der Waals surface area contributed by atoms with Gasteiger partial charge >= 0.3 is 6.18 Å². The topological polar surface area (TPSA) is 67.2 Å². The van der Waals surface area contributed by atoms with Crippen molar-refractivity contribution in [2.75, 3.05) is 13.1 Å². The summed E-state index contributed by atoms with van der Waals surface area (Å²) >= 11 is 5.97. The van der Waals surface area contributed by atoms with Gasteiger partial charge in [0.1, 0.15) is 12.4 Å². The molecule has 2 aromatic carbocycles. The van der Waals surface area contributed by atoms with Gasteiger partial charge in [0.05, 0.1) is 21.9 Å². The highest BCUT2D eigenvalue weighted by Gasteiger charge is 2.60. The Balaban J connectivity index is 1.31. The van der Waals surface area contributed by atoms with Gasteiger partial charge in [-0.3, -0.25) is 4.68 Å². The Labute approximate surface area is 222 Å². The lowest BCUT2D eigenvalue weighted by Gasteiger charge is -2.33. The maximum Gasteiger partial charge on any atom is 0.402 e. The van der Waals surface area contributed by atoms with E-state index < -0.39 is 34.3 Å². The highest BCUT2D eigenvalue weighted by atomic mass is 35.5. The minimum atomic E-state index is -4.61. The molecule has 6 rings (SSSR count). The van der Waals surface area contributed by atoms with Gasteiger partial charge in [-0.2, -0.15) is 35.7 Å². The van der Waals surface area contributed by atoms with Crippen LogP contribution in [0.15, 0.2) is 42.5 Å². The normalized spacial score (nSPS) is 26.6. The molecule has 3 atom stereocenters. The molecule has 0 amide bonds. The van der Waals surface area contributed by atoms with Gasteiger partial charge in [-0.25, -0.2) is 4.39 Å². The number of aromatic nitrogens is 2. The van der Waals surface area contributed by atoms with E-state index in [0.717, 1.165) is 40.8 Å². The van der Waals surface area contributed by atoms with Crippen LogP contribution in [0.2, 0.25) is 5.02 Å². The molecule has 1 saturated heterocycles. The summed E-state index contributed by atoms with van der Waals surface area (Å²) in [5.41, 5.74) is 4.30. The predicted molar refractivity (Wildman–Crippen MR) is 135 cm³/mol. The molecule has 1 saturated carbocycles. The molecule has 3 aliphatic rings. The second-order valence-corrected chi connectivity index (χ2v) is 12.6. The highest BCUT2D eigenvalue weighted by Crippen LogP contribution is 2.51. The van der Waals surface area contributed by atoms with Crippen LogP contribution in [-0.4, -0.2) is 47.3 Å². The maximum atomic E-state index is 13.6. The number of hydrogen-bond donors (Lipinski definition) is 1. The molecule has 1 N–H and O–H groups in total. The number of aryl methyl sites for hydroxylation is 1. The first-order valence-electron chi connectivity index (χ1n) is 12.3. The van der Waals surface area contributed by atoms with Crippen molar-refractivity contribution in [2.45, 2.75) is 37.4 Å². The second kappa shape index (κ2) is 8.77. The zero-order chi connectivity index (χ0) is 27.0. The molecule has 12 heteroatoms. The molecule has 38 heavy (non-hydrogen) atoms. The van der Waals surface area contributed by atoms with Gasteiger partial charge in [0, 0.05) is 24.7 Å². The van der Waals surface area contributed by atoms with E-state index in [0.29, 0.717) is 22.8 Å². The Morgan fingerprint density at radius 1 is 1.05 bits per heavy atom. The molecule has 2 aliphatic carbocycles. The summed E-state index contributed by atoms with van der Waals surface area (Å²) < 4.78 is 83.4. The first-order valence-corrected chi connectivity index (χ1v) is 14.1. The van der Waals surface area contributed by atoms with Crippen LogP contribution in [0.1, 0.15) is 24.0 Å². The second-order valence-electron chi connectivity index (χ2n) is 10.6. The van der Waals surface area contributed by atoms with Crippen LogP contribution in [0, 0.1) is 17.7 Å². The minimum absolute atomic E-state index is 0.0237. The molecule has 6 nitrogen and oxygen atoms in total. The quantitative estimate of drug-likeness (QED) is 0.446. The third-order valence-electron chi connectivity index (χ3n) is 8.30. The van der Waals surface area contributed by atoms with E-state index in [1.54, 1.807) is 23.9 Å². The molecular weight excluding hydrogens is 544 g/mol. The third kappa shape index (κ3) is 4.33. The molecular formula is C26H25ClF4N4O2S. The molecule has 3 aromatic rings. The minimum Gasteiger partial charge on any atom is -0.267 e. The molecule has 0 radical (unpaired) electrons. The van der Waals surface area contributed by atoms with E-state index in [1.165, 1.54) is 6.07 Å². The number of hydrogen-bond acceptors (Lipinski definition) is 3. The van der Waals surface area contributed by atoms with Gasteiger partial charge in [0.15, 0.2) is 0 Å². The number of alkyl halides is 3. The first kappa shape index (κ1) is 25.8. The van der Waals surface area contributed by atoms with Crippen LogP contribution < -0.4 is 4.72 Å². The van der Waals surface area contributed by atoms with Crippen LogP contribution >= 0.6 is 11.6 Å². The summed E-state index contributed by atoms with van der Waals surface area (Å²) in [5, 5.41) is 4.66. The van der Waals surface area contributed by atoms with Crippen molar-refractivity contribution in [1.82, 2.24) is 18.8 Å². The number of fused-ring (bicyclic) bond motifs is 1. The van der Waals surface area contributed by atoms with Crippen molar-refractivity contribution in [1.29, 1.82) is 0 Å². The fraction of sp³-hybridized carbons (Fsp3) is 0.423. The van der Waals surface area contributed by atoms with Gasteiger partial charge in [0.25, 0.3) is 10.2 Å². The van der Waals surface area contributed by atoms with Gasteiger partial charge in [-0.15, -0.1) is 0 Å². The van der Waals surface area contributed by atoms with Gasteiger partial charge in [-0.05, 0) is 79.0 Å². The van der Waals surface area contributed by atoms with E-state index in [1.807, 2.05) is 24.3 Å². The lowest BCUT2D eigenvalue weighted by atomic mass is 9.79. The summed E-state index contributed by atoms with van der Waals surface area (Å²) in [4.78, 5) is 0. The van der Waals surface area contributed by atoms with Crippen molar-refractivity contribution >= 4 is 21.8 Å². The number of nitrogens with one attached hydrogen (secondary N) is 1. The highest BCUT2D eigenvalue weighted by molar-refractivity contribution is 7.87. The molecule has 1 aromatic heterocycles. The summed E-state index contributed by atoms with van der Waals surface area (Å²) in [7, 11) is -2.43. The van der Waals surface area contributed by atoms with E-state index >= 15 is 0 Å². The first-order chi connectivity index (χ1) is 17.8. The van der Waals surface area contributed by atoms with Gasteiger partial charge in [-0.1, -0.05) is 23.7 Å². The lowest BCUT2D eigenvalue weighted by Crippen LogP contribution is -2.52. The Morgan fingerprint density at radius 2 is 1.74 bits per heavy atom. The van der Waals surface area contributed by atoms with E-state index in [9.17, 15) is 26.0 Å². The number of halogens is 5. The van der Waals surface area contributed by atoms with Crippen LogP contribution in [0.25, 0.3) is 22.5 Å². The Bertz CT molecular complexity index is 1540. The zero-order valence-electron chi connectivity index (χ0n) is 20.4. The fourth-order valence-corrected chi connectivity index (χ4v) is 8.43. The molecule has 0 unspecified atom stereocenters. The predicted octanol–water partition coefficient (Wildman–Crippen LogP) is 5.12. The van der Waals surface area contributed by atoms with Crippen molar-refractivity contribution in [2.24, 2.45) is 18.9 Å². The van der Waals surface area contributed by atoms with Crippen LogP contribution in [0.3, 0.4) is 0 Å². The van der Waals surface area contributed by atoms with E-state index in [4.69, 9.17) is 11.6 Å². The molecule has 1 spiro atoms. The van der Waals surface area contributed by atoms with Crippen molar-refractivity contribution in [3.05, 3.63) is 64.4 Å². The Morgan fingerprint density at radius 3 is 2.42 bits per heavy atom. The number of nitrogens with zero attached hydrogens (tertiary/aromatic N) is 3. The van der Waals surface area contributed by atoms with Crippen LogP contribution in [0.4, 0.5) is 17.6 Å². The summed E-state index contributed by atoms with van der Waals surface area (Å²) in [6, 6.07) is 12.4. The van der Waals surface area contributed by atoms with Gasteiger partial charge in [0.2, 0.25) is 0 Å².